The summed E-state index contributed by atoms with van der Waals surface area (Å²) in [6, 6.07) is 7.95. The molecule has 5 heteroatoms. The number of rotatable bonds is 0. The lowest BCUT2D eigenvalue weighted by atomic mass is 10.2. The van der Waals surface area contributed by atoms with Crippen molar-refractivity contribution in [2.45, 2.75) is 26.4 Å². The molecule has 0 saturated heterocycles. The second kappa shape index (κ2) is 3.51. The number of hydrogen-bond acceptors (Lipinski definition) is 3. The largest absolute Gasteiger partial charge is 0.326 e. The molecule has 0 spiro atoms. The highest BCUT2D eigenvalue weighted by Gasteiger charge is 2.23. The summed E-state index contributed by atoms with van der Waals surface area (Å²) in [6.07, 6.45) is 0. The minimum Gasteiger partial charge on any atom is -0.326 e. The van der Waals surface area contributed by atoms with Gasteiger partial charge in [-0.2, -0.15) is 4.68 Å². The standard InChI is InChI=1S/C12H13N3OS/c1-12(2,3)16-11-10-13-8-6-4-5-7-9(8)15(10)14-17-11/h4-7H,1-3H3. The van der Waals surface area contributed by atoms with Crippen molar-refractivity contribution in [2.75, 3.05) is 0 Å². The molecule has 0 saturated carbocycles. The number of hydrogen-bond donors (Lipinski definition) is 0. The van der Waals surface area contributed by atoms with E-state index in [2.05, 4.69) is 9.46 Å². The van der Waals surface area contributed by atoms with Gasteiger partial charge in [-0.25, -0.2) is 4.98 Å². The van der Waals surface area contributed by atoms with Gasteiger partial charge in [0.15, 0.2) is 10.9 Å². The quantitative estimate of drug-likeness (QED) is 0.670. The maximum atomic E-state index is 5.86. The van der Waals surface area contributed by atoms with Gasteiger partial charge in [0.2, 0.25) is 0 Å². The molecule has 0 atom stereocenters. The van der Waals surface area contributed by atoms with E-state index in [0.717, 1.165) is 21.9 Å². The van der Waals surface area contributed by atoms with Crippen LogP contribution in [0.5, 0.6) is 0 Å². The maximum absolute atomic E-state index is 5.86. The van der Waals surface area contributed by atoms with Gasteiger partial charge in [-0.1, -0.05) is 12.1 Å². The number of imidazole rings is 1. The molecule has 88 valence electrons. The van der Waals surface area contributed by atoms with Crippen LogP contribution in [0, 0.1) is 0 Å². The van der Waals surface area contributed by atoms with E-state index in [-0.39, 0.29) is 5.60 Å². The third-order valence-electron chi connectivity index (χ3n) is 2.32. The zero-order valence-electron chi connectivity index (χ0n) is 9.97. The molecule has 1 aliphatic heterocycles. The fourth-order valence-corrected chi connectivity index (χ4v) is 2.51. The van der Waals surface area contributed by atoms with Crippen molar-refractivity contribution in [3.05, 3.63) is 30.1 Å². The van der Waals surface area contributed by atoms with Gasteiger partial charge >= 0.3 is 0 Å². The lowest BCUT2D eigenvalue weighted by Gasteiger charge is -2.17. The van der Waals surface area contributed by atoms with Gasteiger partial charge in [0, 0.05) is 11.1 Å². The highest BCUT2D eigenvalue weighted by atomic mass is 32.1. The number of nitrogens with zero attached hydrogens (tertiary/aromatic N) is 3. The molecule has 1 aromatic carbocycles. The van der Waals surface area contributed by atoms with Crippen molar-refractivity contribution in [3.8, 4) is 0 Å². The minimum atomic E-state index is -0.231. The molecule has 4 nitrogen and oxygen atoms in total. The summed E-state index contributed by atoms with van der Waals surface area (Å²) in [7, 11) is 0. The van der Waals surface area contributed by atoms with Crippen LogP contribution in [-0.4, -0.2) is 20.3 Å². The van der Waals surface area contributed by atoms with E-state index >= 15 is 0 Å². The molecule has 1 aromatic heterocycles. The van der Waals surface area contributed by atoms with Crippen LogP contribution in [0.15, 0.2) is 28.7 Å². The lowest BCUT2D eigenvalue weighted by molar-refractivity contribution is 0.122. The highest BCUT2D eigenvalue weighted by Crippen LogP contribution is 2.21. The third-order valence-corrected chi connectivity index (χ3v) is 3.00. The van der Waals surface area contributed by atoms with Gasteiger partial charge in [0.1, 0.15) is 0 Å². The molecule has 0 fully saturated rings. The van der Waals surface area contributed by atoms with E-state index in [9.17, 15) is 0 Å². The summed E-state index contributed by atoms with van der Waals surface area (Å²) in [4.78, 5) is 4.55. The van der Waals surface area contributed by atoms with Crippen molar-refractivity contribution in [1.29, 1.82) is 0 Å². The monoisotopic (exact) mass is 247 g/mol. The van der Waals surface area contributed by atoms with Crippen molar-refractivity contribution in [2.24, 2.45) is 4.47 Å². The number of aromatic nitrogens is 2. The van der Waals surface area contributed by atoms with Gasteiger partial charge in [0.05, 0.1) is 16.6 Å². The second-order valence-electron chi connectivity index (χ2n) is 4.91. The lowest BCUT2D eigenvalue weighted by Crippen LogP contribution is -2.24. The van der Waals surface area contributed by atoms with Crippen molar-refractivity contribution in [1.82, 2.24) is 9.66 Å². The Labute approximate surface area is 103 Å². The number of fused-ring (bicyclic) bond motifs is 3. The van der Waals surface area contributed by atoms with Crippen LogP contribution in [0.3, 0.4) is 0 Å². The van der Waals surface area contributed by atoms with Crippen LogP contribution in [0.25, 0.3) is 11.0 Å². The Morgan fingerprint density at radius 2 is 2.00 bits per heavy atom. The average Bonchev–Trinajstić information content (AvgIpc) is 2.77. The summed E-state index contributed by atoms with van der Waals surface area (Å²) in [5.74, 6) is 0.797. The molecule has 0 radical (unpaired) electrons. The predicted octanol–water partition coefficient (Wildman–Crippen LogP) is 2.37. The van der Waals surface area contributed by atoms with Crippen LogP contribution in [0.2, 0.25) is 0 Å². The SMILES string of the molecule is CC(C)(C)OC1=S=Nn2c1nc1ccccc12. The zero-order valence-corrected chi connectivity index (χ0v) is 10.8. The Morgan fingerprint density at radius 1 is 1.24 bits per heavy atom. The van der Waals surface area contributed by atoms with Crippen molar-refractivity contribution >= 4 is 27.2 Å². The molecule has 0 amide bonds. The first kappa shape index (κ1) is 10.7. The van der Waals surface area contributed by atoms with E-state index < -0.39 is 0 Å². The molecule has 0 aliphatic carbocycles. The summed E-state index contributed by atoms with van der Waals surface area (Å²) < 4.78 is 12.1. The molecule has 3 rings (SSSR count). The molecule has 1 aliphatic rings. The van der Waals surface area contributed by atoms with Crippen LogP contribution >= 0.6 is 0 Å². The summed E-state index contributed by atoms with van der Waals surface area (Å²) in [6.45, 7) is 6.06. The Kier molecular flexibility index (Phi) is 2.21. The summed E-state index contributed by atoms with van der Waals surface area (Å²) in [5.41, 5.74) is 1.73. The summed E-state index contributed by atoms with van der Waals surface area (Å²) >= 11 is 1.34. The molecule has 0 bridgehead atoms. The molecular weight excluding hydrogens is 234 g/mol. The Bertz CT molecular complexity index is 660. The van der Waals surface area contributed by atoms with E-state index in [0.29, 0.717) is 0 Å². The van der Waals surface area contributed by atoms with E-state index in [4.69, 9.17) is 4.74 Å². The Balaban J connectivity index is 2.09. The maximum Gasteiger partial charge on any atom is 0.198 e. The van der Waals surface area contributed by atoms with E-state index in [1.54, 1.807) is 0 Å². The van der Waals surface area contributed by atoms with Gasteiger partial charge in [-0.3, -0.25) is 0 Å². The van der Waals surface area contributed by atoms with Gasteiger partial charge in [-0.15, -0.1) is 4.47 Å². The highest BCUT2D eigenvalue weighted by molar-refractivity contribution is 7.69. The van der Waals surface area contributed by atoms with Crippen molar-refractivity contribution in [3.63, 3.8) is 0 Å². The second-order valence-corrected chi connectivity index (χ2v) is 5.63. The third kappa shape index (κ3) is 1.81. The average molecular weight is 247 g/mol. The van der Waals surface area contributed by atoms with E-state index in [1.807, 2.05) is 49.7 Å². The summed E-state index contributed by atoms with van der Waals surface area (Å²) in [5, 5.41) is 0.772. The van der Waals surface area contributed by atoms with Crippen LogP contribution in [0.1, 0.15) is 26.6 Å². The first-order valence-electron chi connectivity index (χ1n) is 5.47. The number of benzene rings is 1. The van der Waals surface area contributed by atoms with Crippen LogP contribution in [0.4, 0.5) is 0 Å². The molecule has 17 heavy (non-hydrogen) atoms. The zero-order chi connectivity index (χ0) is 12.0. The normalized spacial score (nSPS) is 14.6. The predicted molar refractivity (Wildman–Crippen MR) is 69.9 cm³/mol. The Hall–Kier alpha value is -1.46. The molecule has 2 aromatic rings. The first-order valence-corrected chi connectivity index (χ1v) is 6.24. The van der Waals surface area contributed by atoms with Crippen molar-refractivity contribution < 1.29 is 4.74 Å². The fraction of sp³-hybridized carbons (Fsp3) is 0.333. The molecule has 0 N–H and O–H groups in total. The van der Waals surface area contributed by atoms with Gasteiger partial charge in [-0.05, 0) is 32.9 Å². The van der Waals surface area contributed by atoms with Gasteiger partial charge in [0.25, 0.3) is 0 Å². The van der Waals surface area contributed by atoms with E-state index in [1.165, 1.54) is 11.1 Å². The molecule has 2 heterocycles. The Morgan fingerprint density at radius 3 is 2.76 bits per heavy atom. The topological polar surface area (TPSA) is 39.4 Å². The number of para-hydroxylation sites is 2. The smallest absolute Gasteiger partial charge is 0.198 e. The molecular formula is C12H13N3OS. The first-order chi connectivity index (χ1) is 8.04. The number of ether oxygens (including phenoxy) is 1. The van der Waals surface area contributed by atoms with Crippen LogP contribution < -0.4 is 0 Å². The van der Waals surface area contributed by atoms with Gasteiger partial charge < -0.3 is 4.74 Å². The van der Waals surface area contributed by atoms with Crippen LogP contribution in [-0.2, 0) is 15.9 Å². The molecule has 0 unspecified atom stereocenters. The minimum absolute atomic E-state index is 0.231. The fourth-order valence-electron chi connectivity index (χ4n) is 1.69.